The number of nitrogens with one attached hydrogen (secondary N) is 2. The van der Waals surface area contributed by atoms with Gasteiger partial charge in [-0.3, -0.25) is 14.7 Å². The van der Waals surface area contributed by atoms with Crippen molar-refractivity contribution in [2.45, 2.75) is 20.0 Å². The van der Waals surface area contributed by atoms with Gasteiger partial charge in [-0.15, -0.1) is 0 Å². The van der Waals surface area contributed by atoms with Crippen LogP contribution in [0.1, 0.15) is 29.3 Å². The predicted molar refractivity (Wildman–Crippen MR) is 107 cm³/mol. The van der Waals surface area contributed by atoms with Gasteiger partial charge in [-0.05, 0) is 31.2 Å². The molecule has 2 aromatic carbocycles. The molecule has 148 valence electrons. The molecule has 1 aliphatic rings. The number of fused-ring (bicyclic) bond motifs is 3. The first-order valence-corrected chi connectivity index (χ1v) is 9.51. The molecule has 29 heavy (non-hydrogen) atoms. The Balaban J connectivity index is 1.46. The van der Waals surface area contributed by atoms with Crippen LogP contribution in [0, 0.1) is 0 Å². The fourth-order valence-electron chi connectivity index (χ4n) is 3.31. The lowest BCUT2D eigenvalue weighted by molar-refractivity contribution is -0.142. The average molecular weight is 391 g/mol. The number of para-hydroxylation sites is 1. The topological polar surface area (TPSA) is 93.3 Å². The molecule has 0 fully saturated rings. The van der Waals surface area contributed by atoms with E-state index in [1.54, 1.807) is 19.1 Å². The summed E-state index contributed by atoms with van der Waals surface area (Å²) >= 11 is 0. The van der Waals surface area contributed by atoms with Gasteiger partial charge in [-0.1, -0.05) is 24.3 Å². The number of aromatic nitrogens is 2. The van der Waals surface area contributed by atoms with Gasteiger partial charge in [0.05, 0.1) is 24.4 Å². The van der Waals surface area contributed by atoms with E-state index in [1.807, 2.05) is 36.4 Å². The summed E-state index contributed by atoms with van der Waals surface area (Å²) in [6, 6.07) is 15.0. The number of nitrogens with zero attached hydrogens (tertiary/aromatic N) is 1. The van der Waals surface area contributed by atoms with Crippen molar-refractivity contribution < 1.29 is 19.1 Å². The minimum absolute atomic E-state index is 0.151. The minimum Gasteiger partial charge on any atom is -0.488 e. The average Bonchev–Trinajstić information content (AvgIpc) is 3.18. The van der Waals surface area contributed by atoms with Crippen LogP contribution in [0.4, 0.5) is 0 Å². The zero-order chi connectivity index (χ0) is 20.2. The fraction of sp³-hybridized carbons (Fsp3) is 0.227. The molecule has 4 rings (SSSR count). The van der Waals surface area contributed by atoms with Crippen LogP contribution < -0.4 is 10.1 Å². The van der Waals surface area contributed by atoms with Crippen molar-refractivity contribution in [2.24, 2.45) is 0 Å². The van der Waals surface area contributed by atoms with Crippen molar-refractivity contribution in [3.05, 3.63) is 59.7 Å². The monoisotopic (exact) mass is 391 g/mol. The molecule has 0 atom stereocenters. The molecule has 1 aliphatic heterocycles. The zero-order valence-electron chi connectivity index (χ0n) is 16.0. The number of ether oxygens (including phenoxy) is 2. The summed E-state index contributed by atoms with van der Waals surface area (Å²) in [6.07, 6.45) is 0.151. The van der Waals surface area contributed by atoms with Crippen molar-refractivity contribution in [3.8, 4) is 28.3 Å². The molecule has 0 saturated heterocycles. The molecule has 0 saturated carbocycles. The molecular formula is C22H21N3O4. The molecule has 7 heteroatoms. The molecule has 0 spiro atoms. The summed E-state index contributed by atoms with van der Waals surface area (Å²) in [4.78, 5) is 23.6. The Morgan fingerprint density at radius 2 is 1.97 bits per heavy atom. The van der Waals surface area contributed by atoms with Gasteiger partial charge in [-0.2, -0.15) is 5.10 Å². The molecular weight excluding hydrogens is 370 g/mol. The van der Waals surface area contributed by atoms with Crippen molar-refractivity contribution >= 4 is 11.9 Å². The number of hydrogen-bond donors (Lipinski definition) is 2. The van der Waals surface area contributed by atoms with Crippen LogP contribution in [-0.2, 0) is 16.1 Å². The van der Waals surface area contributed by atoms with Crippen LogP contribution >= 0.6 is 0 Å². The minimum atomic E-state index is -0.324. The second-order valence-electron chi connectivity index (χ2n) is 6.60. The summed E-state index contributed by atoms with van der Waals surface area (Å²) in [6.45, 7) is 2.76. The highest BCUT2D eigenvalue weighted by molar-refractivity contribution is 5.95. The third-order valence-corrected chi connectivity index (χ3v) is 4.74. The lowest BCUT2D eigenvalue weighted by Crippen LogP contribution is -2.26. The van der Waals surface area contributed by atoms with E-state index in [0.29, 0.717) is 18.8 Å². The number of benzene rings is 2. The Hall–Kier alpha value is -3.61. The fourth-order valence-corrected chi connectivity index (χ4v) is 3.31. The second kappa shape index (κ2) is 8.18. The van der Waals surface area contributed by atoms with E-state index >= 15 is 0 Å². The Morgan fingerprint density at radius 1 is 1.17 bits per heavy atom. The summed E-state index contributed by atoms with van der Waals surface area (Å²) in [7, 11) is 0. The van der Waals surface area contributed by atoms with Crippen molar-refractivity contribution in [2.75, 3.05) is 13.2 Å². The molecule has 1 amide bonds. The third-order valence-electron chi connectivity index (χ3n) is 4.74. The largest absolute Gasteiger partial charge is 0.488 e. The number of amides is 1. The first-order chi connectivity index (χ1) is 14.2. The molecule has 2 heterocycles. The van der Waals surface area contributed by atoms with Gasteiger partial charge in [0.15, 0.2) is 0 Å². The number of rotatable bonds is 6. The third kappa shape index (κ3) is 3.85. The maximum atomic E-state index is 12.2. The highest BCUT2D eigenvalue weighted by Gasteiger charge is 2.23. The van der Waals surface area contributed by atoms with Crippen LogP contribution in [-0.4, -0.2) is 35.2 Å². The van der Waals surface area contributed by atoms with E-state index in [9.17, 15) is 9.59 Å². The first-order valence-electron chi connectivity index (χ1n) is 9.51. The number of hydrogen-bond acceptors (Lipinski definition) is 5. The maximum Gasteiger partial charge on any atom is 0.307 e. The van der Waals surface area contributed by atoms with Crippen LogP contribution in [0.2, 0.25) is 0 Å². The predicted octanol–water partition coefficient (Wildman–Crippen LogP) is 3.32. The molecule has 1 aromatic heterocycles. The van der Waals surface area contributed by atoms with E-state index in [4.69, 9.17) is 9.47 Å². The Labute approximate surface area is 168 Å². The smallest absolute Gasteiger partial charge is 0.307 e. The van der Waals surface area contributed by atoms with Crippen molar-refractivity contribution in [3.63, 3.8) is 0 Å². The van der Waals surface area contributed by atoms with Gasteiger partial charge in [0.2, 0.25) is 0 Å². The van der Waals surface area contributed by atoms with Gasteiger partial charge in [0, 0.05) is 28.8 Å². The Kier molecular flexibility index (Phi) is 5.29. The number of carbonyl (C=O) groups is 2. The van der Waals surface area contributed by atoms with Crippen LogP contribution in [0.5, 0.6) is 5.75 Å². The standard InChI is InChI=1S/C22H21N3O4/c1-2-28-19(26)11-12-23-22(27)15-9-7-14(8-10-15)20-17-13-29-18-6-4-3-5-16(18)21(17)25-24-20/h3-10H,2,11-13H2,1H3,(H,23,27)(H,24,25). The van der Waals surface area contributed by atoms with E-state index in [-0.39, 0.29) is 24.8 Å². The molecule has 0 unspecified atom stereocenters. The summed E-state index contributed by atoms with van der Waals surface area (Å²) in [5, 5.41) is 10.3. The molecule has 2 N–H and O–H groups in total. The van der Waals surface area contributed by atoms with E-state index in [2.05, 4.69) is 15.5 Å². The lowest BCUT2D eigenvalue weighted by Gasteiger charge is -2.17. The number of aromatic amines is 1. The zero-order valence-corrected chi connectivity index (χ0v) is 16.0. The Morgan fingerprint density at radius 3 is 2.76 bits per heavy atom. The van der Waals surface area contributed by atoms with E-state index in [0.717, 1.165) is 33.8 Å². The van der Waals surface area contributed by atoms with Crippen LogP contribution in [0.25, 0.3) is 22.5 Å². The summed E-state index contributed by atoms with van der Waals surface area (Å²) < 4.78 is 10.7. The van der Waals surface area contributed by atoms with Crippen LogP contribution in [0.3, 0.4) is 0 Å². The SMILES string of the molecule is CCOC(=O)CCNC(=O)c1ccc(-c2n[nH]c3c2COc2ccccc2-3)cc1. The first kappa shape index (κ1) is 18.7. The van der Waals surface area contributed by atoms with Gasteiger partial charge in [0.25, 0.3) is 5.91 Å². The summed E-state index contributed by atoms with van der Waals surface area (Å²) in [5.74, 6) is 0.280. The maximum absolute atomic E-state index is 12.2. The Bertz CT molecular complexity index is 1040. The van der Waals surface area contributed by atoms with Crippen LogP contribution in [0.15, 0.2) is 48.5 Å². The number of esters is 1. The van der Waals surface area contributed by atoms with Gasteiger partial charge >= 0.3 is 5.97 Å². The normalized spacial score (nSPS) is 11.8. The molecule has 0 aliphatic carbocycles. The summed E-state index contributed by atoms with van der Waals surface area (Å²) in [5.41, 5.74) is 5.17. The van der Waals surface area contributed by atoms with E-state index < -0.39 is 0 Å². The highest BCUT2D eigenvalue weighted by Crippen LogP contribution is 2.39. The number of carbonyl (C=O) groups excluding carboxylic acids is 2. The van der Waals surface area contributed by atoms with Crippen molar-refractivity contribution in [1.29, 1.82) is 0 Å². The number of H-pyrrole nitrogens is 1. The quantitative estimate of drug-likeness (QED) is 0.629. The molecule has 0 bridgehead atoms. The van der Waals surface area contributed by atoms with Gasteiger partial charge in [0.1, 0.15) is 12.4 Å². The van der Waals surface area contributed by atoms with Gasteiger partial charge in [-0.25, -0.2) is 0 Å². The van der Waals surface area contributed by atoms with E-state index in [1.165, 1.54) is 0 Å². The molecule has 0 radical (unpaired) electrons. The van der Waals surface area contributed by atoms with Crippen molar-refractivity contribution in [1.82, 2.24) is 15.5 Å². The lowest BCUT2D eigenvalue weighted by atomic mass is 9.99. The highest BCUT2D eigenvalue weighted by atomic mass is 16.5. The van der Waals surface area contributed by atoms with Gasteiger partial charge < -0.3 is 14.8 Å². The molecule has 3 aromatic rings. The molecule has 7 nitrogen and oxygen atoms in total. The second-order valence-corrected chi connectivity index (χ2v) is 6.60.